The summed E-state index contributed by atoms with van der Waals surface area (Å²) in [5, 5.41) is 10.3. The lowest BCUT2D eigenvalue weighted by Gasteiger charge is -2.36. The van der Waals surface area contributed by atoms with E-state index in [0.717, 1.165) is 0 Å². The summed E-state index contributed by atoms with van der Waals surface area (Å²) in [6, 6.07) is -0.504. The lowest BCUT2D eigenvalue weighted by Crippen LogP contribution is -2.53. The molecule has 0 aromatic rings. The first-order valence-corrected chi connectivity index (χ1v) is 7.39. The second kappa shape index (κ2) is 7.63. The van der Waals surface area contributed by atoms with E-state index in [1.807, 2.05) is 0 Å². The van der Waals surface area contributed by atoms with Crippen molar-refractivity contribution in [2.45, 2.75) is 44.3 Å². The van der Waals surface area contributed by atoms with Crippen molar-refractivity contribution >= 4 is 17.8 Å². The van der Waals surface area contributed by atoms with Crippen LogP contribution in [0.5, 0.6) is 0 Å². The molecule has 0 amide bonds. The third-order valence-electron chi connectivity index (χ3n) is 3.71. The molecule has 24 heavy (non-hydrogen) atoms. The molecule has 9 heteroatoms. The summed E-state index contributed by atoms with van der Waals surface area (Å²) in [4.78, 5) is 27.1. The third-order valence-corrected chi connectivity index (χ3v) is 3.71. The van der Waals surface area contributed by atoms with Gasteiger partial charge in [-0.15, -0.1) is 0 Å². The highest BCUT2D eigenvalue weighted by molar-refractivity contribution is 5.87. The first-order valence-electron chi connectivity index (χ1n) is 7.39. The Morgan fingerprint density at radius 2 is 2.08 bits per heavy atom. The van der Waals surface area contributed by atoms with Crippen molar-refractivity contribution in [1.82, 2.24) is 0 Å². The number of nitrogens with zero attached hydrogens (tertiary/aromatic N) is 1. The van der Waals surface area contributed by atoms with E-state index in [2.05, 4.69) is 9.73 Å². The van der Waals surface area contributed by atoms with E-state index in [9.17, 15) is 14.7 Å². The summed E-state index contributed by atoms with van der Waals surface area (Å²) in [5.74, 6) is -0.809. The van der Waals surface area contributed by atoms with Crippen molar-refractivity contribution in [3.8, 4) is 0 Å². The molecule has 0 radical (unpaired) electrons. The number of carbonyl (C=O) groups excluding carboxylic acids is 2. The molecule has 0 unspecified atom stereocenters. The van der Waals surface area contributed by atoms with Crippen molar-refractivity contribution in [3.05, 3.63) is 11.8 Å². The number of aliphatic imine (C=N–C) groups is 1. The largest absolute Gasteiger partial charge is 0.478 e. The van der Waals surface area contributed by atoms with E-state index in [4.69, 9.17) is 18.9 Å². The summed E-state index contributed by atoms with van der Waals surface area (Å²) in [7, 11) is 2.61. The molecule has 0 fully saturated rings. The minimum absolute atomic E-state index is 0.0459. The zero-order valence-electron chi connectivity index (χ0n) is 13.9. The summed E-state index contributed by atoms with van der Waals surface area (Å²) in [6.45, 7) is 2.64. The number of methoxy groups -OCH3 is 2. The van der Waals surface area contributed by atoms with E-state index >= 15 is 0 Å². The molecule has 0 spiro atoms. The Hall–Kier alpha value is -2.13. The van der Waals surface area contributed by atoms with Gasteiger partial charge in [0.05, 0.1) is 7.11 Å². The maximum Gasteiger partial charge on any atom is 0.373 e. The van der Waals surface area contributed by atoms with Crippen LogP contribution in [0.2, 0.25) is 0 Å². The van der Waals surface area contributed by atoms with Crippen molar-refractivity contribution in [1.29, 1.82) is 0 Å². The molecule has 2 rings (SSSR count). The molecular formula is C15H21NO8. The summed E-state index contributed by atoms with van der Waals surface area (Å²) < 4.78 is 26.0. The van der Waals surface area contributed by atoms with Gasteiger partial charge < -0.3 is 28.8 Å². The predicted molar refractivity (Wildman–Crippen MR) is 80.2 cm³/mol. The molecule has 2 heterocycles. The van der Waals surface area contributed by atoms with E-state index < -0.39 is 42.4 Å². The zero-order chi connectivity index (χ0) is 17.9. The van der Waals surface area contributed by atoms with Crippen molar-refractivity contribution in [2.75, 3.05) is 20.8 Å². The Balaban J connectivity index is 2.22. The van der Waals surface area contributed by atoms with Gasteiger partial charge in [0.15, 0.2) is 12.0 Å². The van der Waals surface area contributed by atoms with E-state index in [0.29, 0.717) is 5.90 Å². The molecule has 134 valence electrons. The fraction of sp³-hybridized carbons (Fsp3) is 0.667. The molecule has 9 nitrogen and oxygen atoms in total. The maximum absolute atomic E-state index is 11.8. The van der Waals surface area contributed by atoms with Crippen molar-refractivity contribution in [2.24, 2.45) is 4.99 Å². The van der Waals surface area contributed by atoms with Gasteiger partial charge in [-0.25, -0.2) is 9.79 Å². The Morgan fingerprint density at radius 1 is 1.38 bits per heavy atom. The van der Waals surface area contributed by atoms with Gasteiger partial charge in [-0.05, 0) is 0 Å². The van der Waals surface area contributed by atoms with Gasteiger partial charge in [-0.2, -0.15) is 0 Å². The highest BCUT2D eigenvalue weighted by Gasteiger charge is 2.47. The van der Waals surface area contributed by atoms with Crippen LogP contribution in [0.25, 0.3) is 0 Å². The zero-order valence-corrected chi connectivity index (χ0v) is 13.9. The quantitative estimate of drug-likeness (QED) is 0.646. The number of hydrogen-bond donors (Lipinski definition) is 1. The SMILES string of the molecule is COC(=O)C1=C[C@H]2OC(C)=N[C@H]2[C@H]([C@H](OC)[C@H](O)COC(C)=O)O1. The van der Waals surface area contributed by atoms with Gasteiger partial charge in [0.2, 0.25) is 5.76 Å². The minimum Gasteiger partial charge on any atom is -0.478 e. The molecule has 0 aromatic carbocycles. The second-order valence-electron chi connectivity index (χ2n) is 5.40. The number of aliphatic hydroxyl groups excluding tert-OH is 1. The number of hydrogen-bond acceptors (Lipinski definition) is 9. The number of aliphatic hydroxyl groups is 1. The first kappa shape index (κ1) is 18.2. The predicted octanol–water partition coefficient (Wildman–Crippen LogP) is -0.433. The van der Waals surface area contributed by atoms with Crippen molar-refractivity contribution in [3.63, 3.8) is 0 Å². The Bertz CT molecular complexity index is 558. The van der Waals surface area contributed by atoms with Crippen LogP contribution >= 0.6 is 0 Å². The fourth-order valence-corrected chi connectivity index (χ4v) is 2.66. The Morgan fingerprint density at radius 3 is 2.67 bits per heavy atom. The minimum atomic E-state index is -1.17. The van der Waals surface area contributed by atoms with Gasteiger partial charge in [0.25, 0.3) is 0 Å². The molecule has 0 bridgehead atoms. The van der Waals surface area contributed by atoms with Crippen LogP contribution in [0.1, 0.15) is 13.8 Å². The average molecular weight is 343 g/mol. The smallest absolute Gasteiger partial charge is 0.373 e. The molecule has 0 saturated carbocycles. The van der Waals surface area contributed by atoms with Gasteiger partial charge in [-0.1, -0.05) is 0 Å². The molecule has 5 atom stereocenters. The van der Waals surface area contributed by atoms with Crippen LogP contribution in [0, 0.1) is 0 Å². The molecule has 0 aliphatic carbocycles. The average Bonchev–Trinajstić information content (AvgIpc) is 2.92. The fourth-order valence-electron chi connectivity index (χ4n) is 2.66. The molecule has 0 aromatic heterocycles. The highest BCUT2D eigenvalue weighted by atomic mass is 16.6. The Kier molecular flexibility index (Phi) is 5.79. The van der Waals surface area contributed by atoms with Crippen LogP contribution < -0.4 is 0 Å². The normalized spacial score (nSPS) is 27.6. The van der Waals surface area contributed by atoms with E-state index in [1.165, 1.54) is 27.2 Å². The Labute approximate surface area is 139 Å². The number of rotatable bonds is 6. The highest BCUT2D eigenvalue weighted by Crippen LogP contribution is 2.31. The van der Waals surface area contributed by atoms with E-state index in [-0.39, 0.29) is 12.4 Å². The van der Waals surface area contributed by atoms with Gasteiger partial charge in [0.1, 0.15) is 31.0 Å². The number of ether oxygens (including phenoxy) is 5. The molecular weight excluding hydrogens is 322 g/mol. The third kappa shape index (κ3) is 3.85. The lowest BCUT2D eigenvalue weighted by molar-refractivity contribution is -0.158. The van der Waals surface area contributed by atoms with Crippen molar-refractivity contribution < 1.29 is 38.4 Å². The summed E-state index contributed by atoms with van der Waals surface area (Å²) in [6.07, 6.45) is -1.93. The number of fused-ring (bicyclic) bond motifs is 1. The van der Waals surface area contributed by atoms with Crippen LogP contribution in [-0.2, 0) is 33.3 Å². The lowest BCUT2D eigenvalue weighted by atomic mass is 9.94. The second-order valence-corrected chi connectivity index (χ2v) is 5.40. The van der Waals surface area contributed by atoms with Crippen LogP contribution in [0.15, 0.2) is 16.8 Å². The standard InChI is InChI=1S/C15H21NO8/c1-7-16-12-10(23-7)5-11(15(19)21-4)24-14(12)13(20-3)9(18)6-22-8(2)17/h5,9-10,12-14,18H,6H2,1-4H3/t9-,10-,12-,13-,14-/m1/s1. The van der Waals surface area contributed by atoms with E-state index in [1.54, 1.807) is 6.92 Å². The van der Waals surface area contributed by atoms with Crippen LogP contribution in [0.3, 0.4) is 0 Å². The molecule has 0 saturated heterocycles. The molecule has 1 N–H and O–H groups in total. The number of esters is 2. The topological polar surface area (TPSA) is 113 Å². The van der Waals surface area contributed by atoms with Gasteiger partial charge >= 0.3 is 11.9 Å². The molecule has 2 aliphatic rings. The molecule has 2 aliphatic heterocycles. The first-order chi connectivity index (χ1) is 11.4. The van der Waals surface area contributed by atoms with Gasteiger partial charge in [-0.3, -0.25) is 4.79 Å². The number of carbonyl (C=O) groups is 2. The summed E-state index contributed by atoms with van der Waals surface area (Å²) in [5.41, 5.74) is 0. The maximum atomic E-state index is 11.8. The van der Waals surface area contributed by atoms with Gasteiger partial charge in [0, 0.05) is 27.0 Å². The summed E-state index contributed by atoms with van der Waals surface area (Å²) >= 11 is 0. The van der Waals surface area contributed by atoms with Crippen LogP contribution in [-0.4, -0.2) is 74.2 Å². The van der Waals surface area contributed by atoms with Crippen LogP contribution in [0.4, 0.5) is 0 Å². The monoisotopic (exact) mass is 343 g/mol.